The van der Waals surface area contributed by atoms with E-state index in [0.29, 0.717) is 19.0 Å². The van der Waals surface area contributed by atoms with Crippen LogP contribution in [-0.2, 0) is 13.1 Å². The quantitative estimate of drug-likeness (QED) is 0.603. The van der Waals surface area contributed by atoms with E-state index in [9.17, 15) is 8.78 Å². The highest BCUT2D eigenvalue weighted by Crippen LogP contribution is 2.10. The summed E-state index contributed by atoms with van der Waals surface area (Å²) in [4.78, 5) is 7.98. The van der Waals surface area contributed by atoms with E-state index in [0.717, 1.165) is 11.3 Å². The molecule has 6 nitrogen and oxygen atoms in total. The number of aliphatic imine (C=N–C) groups is 1. The maximum Gasteiger partial charge on any atom is 0.272 e. The number of nitrogens with zero attached hydrogens (tertiary/aromatic N) is 2. The van der Waals surface area contributed by atoms with Crippen molar-refractivity contribution in [3.05, 3.63) is 48.0 Å². The summed E-state index contributed by atoms with van der Waals surface area (Å²) >= 11 is 0. The normalized spacial score (nSPS) is 11.6. The van der Waals surface area contributed by atoms with E-state index >= 15 is 0 Å². The van der Waals surface area contributed by atoms with E-state index < -0.39 is 13.0 Å². The SMILES string of the molecule is CN=C(NCc1ccnc(OCC(F)F)c1)NCc1ccco1. The number of rotatable bonds is 7. The number of pyridine rings is 1. The van der Waals surface area contributed by atoms with Crippen molar-refractivity contribution < 1.29 is 17.9 Å². The first-order valence-corrected chi connectivity index (χ1v) is 7.00. The van der Waals surface area contributed by atoms with Gasteiger partial charge in [-0.05, 0) is 23.8 Å². The Balaban J connectivity index is 1.82. The molecule has 0 atom stereocenters. The Labute approximate surface area is 132 Å². The predicted octanol–water partition coefficient (Wildman–Crippen LogP) is 2.18. The van der Waals surface area contributed by atoms with Crippen molar-refractivity contribution in [2.75, 3.05) is 13.7 Å². The molecule has 0 spiro atoms. The second kappa shape index (κ2) is 8.72. The van der Waals surface area contributed by atoms with Crippen LogP contribution in [0, 0.1) is 0 Å². The molecule has 2 aromatic rings. The third kappa shape index (κ3) is 5.93. The summed E-state index contributed by atoms with van der Waals surface area (Å²) in [6.45, 7) is 0.285. The molecule has 23 heavy (non-hydrogen) atoms. The molecule has 8 heteroatoms. The topological polar surface area (TPSA) is 71.7 Å². The first-order valence-electron chi connectivity index (χ1n) is 7.00. The lowest BCUT2D eigenvalue weighted by atomic mass is 10.2. The fourth-order valence-electron chi connectivity index (χ4n) is 1.78. The molecule has 2 aromatic heterocycles. The summed E-state index contributed by atoms with van der Waals surface area (Å²) in [6.07, 6.45) is 0.588. The Hall–Kier alpha value is -2.64. The predicted molar refractivity (Wildman–Crippen MR) is 81.5 cm³/mol. The first-order chi connectivity index (χ1) is 11.2. The van der Waals surface area contributed by atoms with Crippen molar-refractivity contribution in [1.29, 1.82) is 0 Å². The number of nitrogens with one attached hydrogen (secondary N) is 2. The first kappa shape index (κ1) is 16.7. The second-order valence-corrected chi connectivity index (χ2v) is 4.56. The number of ether oxygens (including phenoxy) is 1. The molecular weight excluding hydrogens is 306 g/mol. The zero-order valence-electron chi connectivity index (χ0n) is 12.6. The van der Waals surface area contributed by atoms with E-state index in [1.54, 1.807) is 25.4 Å². The van der Waals surface area contributed by atoms with Gasteiger partial charge >= 0.3 is 0 Å². The van der Waals surface area contributed by atoms with Gasteiger partial charge in [-0.1, -0.05) is 0 Å². The lowest BCUT2D eigenvalue weighted by Gasteiger charge is -2.11. The van der Waals surface area contributed by atoms with Crippen LogP contribution in [0.5, 0.6) is 5.88 Å². The van der Waals surface area contributed by atoms with Gasteiger partial charge in [0, 0.05) is 25.9 Å². The Bertz CT molecular complexity index is 618. The van der Waals surface area contributed by atoms with Crippen molar-refractivity contribution in [2.24, 2.45) is 4.99 Å². The Morgan fingerprint density at radius 2 is 2.17 bits per heavy atom. The lowest BCUT2D eigenvalue weighted by Crippen LogP contribution is -2.36. The van der Waals surface area contributed by atoms with Gasteiger partial charge < -0.3 is 19.8 Å². The molecule has 0 fully saturated rings. The third-order valence-corrected chi connectivity index (χ3v) is 2.85. The molecule has 0 saturated heterocycles. The number of halogens is 2. The summed E-state index contributed by atoms with van der Waals surface area (Å²) in [7, 11) is 1.65. The van der Waals surface area contributed by atoms with Crippen molar-refractivity contribution in [1.82, 2.24) is 15.6 Å². The molecule has 0 unspecified atom stereocenters. The largest absolute Gasteiger partial charge is 0.472 e. The number of hydrogen-bond acceptors (Lipinski definition) is 4. The highest BCUT2D eigenvalue weighted by Gasteiger charge is 2.06. The molecule has 2 heterocycles. The van der Waals surface area contributed by atoms with Crippen LogP contribution >= 0.6 is 0 Å². The Morgan fingerprint density at radius 3 is 2.87 bits per heavy atom. The number of hydrogen-bond donors (Lipinski definition) is 2. The molecule has 0 radical (unpaired) electrons. The van der Waals surface area contributed by atoms with Crippen LogP contribution in [0.1, 0.15) is 11.3 Å². The zero-order chi connectivity index (χ0) is 16.5. The zero-order valence-corrected chi connectivity index (χ0v) is 12.6. The van der Waals surface area contributed by atoms with E-state index in [1.807, 2.05) is 12.1 Å². The number of furan rings is 1. The van der Waals surface area contributed by atoms with Gasteiger partial charge in [-0.2, -0.15) is 0 Å². The highest BCUT2D eigenvalue weighted by molar-refractivity contribution is 5.79. The fraction of sp³-hybridized carbons (Fsp3) is 0.333. The van der Waals surface area contributed by atoms with Crippen LogP contribution in [0.3, 0.4) is 0 Å². The smallest absolute Gasteiger partial charge is 0.272 e. The van der Waals surface area contributed by atoms with Crippen LogP contribution < -0.4 is 15.4 Å². The Kier molecular flexibility index (Phi) is 6.34. The second-order valence-electron chi connectivity index (χ2n) is 4.56. The van der Waals surface area contributed by atoms with Crippen LogP contribution in [0.4, 0.5) is 8.78 Å². The number of alkyl halides is 2. The van der Waals surface area contributed by atoms with Crippen LogP contribution in [0.25, 0.3) is 0 Å². The van der Waals surface area contributed by atoms with Gasteiger partial charge in [0.25, 0.3) is 6.43 Å². The van der Waals surface area contributed by atoms with E-state index in [-0.39, 0.29) is 5.88 Å². The number of aromatic nitrogens is 1. The minimum atomic E-state index is -2.52. The number of guanidine groups is 1. The Morgan fingerprint density at radius 1 is 1.35 bits per heavy atom. The minimum absolute atomic E-state index is 0.170. The monoisotopic (exact) mass is 324 g/mol. The molecule has 0 aliphatic carbocycles. The van der Waals surface area contributed by atoms with Crippen molar-refractivity contribution >= 4 is 5.96 Å². The molecule has 2 N–H and O–H groups in total. The summed E-state index contributed by atoms with van der Waals surface area (Å²) < 4.78 is 34.4. The molecule has 0 bridgehead atoms. The maximum atomic E-state index is 12.1. The minimum Gasteiger partial charge on any atom is -0.472 e. The average molecular weight is 324 g/mol. The summed E-state index contributed by atoms with van der Waals surface area (Å²) in [6, 6.07) is 7.04. The van der Waals surface area contributed by atoms with Gasteiger partial charge in [0.1, 0.15) is 5.76 Å². The van der Waals surface area contributed by atoms with Crippen LogP contribution in [-0.4, -0.2) is 31.0 Å². The van der Waals surface area contributed by atoms with Crippen molar-refractivity contribution in [3.63, 3.8) is 0 Å². The van der Waals surface area contributed by atoms with E-state index in [4.69, 9.17) is 9.15 Å². The summed E-state index contributed by atoms with van der Waals surface area (Å²) in [5.74, 6) is 1.55. The lowest BCUT2D eigenvalue weighted by molar-refractivity contribution is 0.0795. The van der Waals surface area contributed by atoms with Crippen molar-refractivity contribution in [3.8, 4) is 5.88 Å². The summed E-state index contributed by atoms with van der Waals surface area (Å²) in [5.41, 5.74) is 0.838. The molecule has 0 saturated carbocycles. The van der Waals surface area contributed by atoms with E-state index in [1.165, 1.54) is 6.20 Å². The van der Waals surface area contributed by atoms with Gasteiger partial charge in [0.15, 0.2) is 12.6 Å². The maximum absolute atomic E-state index is 12.1. The fourth-order valence-corrected chi connectivity index (χ4v) is 1.78. The molecule has 2 rings (SSSR count). The molecule has 0 amide bonds. The molecule has 0 aromatic carbocycles. The molecule has 0 aliphatic heterocycles. The van der Waals surface area contributed by atoms with Crippen LogP contribution in [0.2, 0.25) is 0 Å². The van der Waals surface area contributed by atoms with Gasteiger partial charge in [-0.15, -0.1) is 0 Å². The standard InChI is InChI=1S/C15H18F2N4O2/c1-18-15(21-9-12-3-2-6-22-12)20-8-11-4-5-19-14(7-11)23-10-13(16)17/h2-7,13H,8-10H2,1H3,(H2,18,20,21). The van der Waals surface area contributed by atoms with Gasteiger partial charge in [-0.3, -0.25) is 4.99 Å². The third-order valence-electron chi connectivity index (χ3n) is 2.85. The van der Waals surface area contributed by atoms with E-state index in [2.05, 4.69) is 20.6 Å². The summed E-state index contributed by atoms with van der Waals surface area (Å²) in [5, 5.41) is 6.20. The van der Waals surface area contributed by atoms with Crippen molar-refractivity contribution in [2.45, 2.75) is 19.5 Å². The van der Waals surface area contributed by atoms with Gasteiger partial charge in [-0.25, -0.2) is 13.8 Å². The highest BCUT2D eigenvalue weighted by atomic mass is 19.3. The van der Waals surface area contributed by atoms with Crippen LogP contribution in [0.15, 0.2) is 46.1 Å². The van der Waals surface area contributed by atoms with Gasteiger partial charge in [0.2, 0.25) is 5.88 Å². The molecular formula is C15H18F2N4O2. The average Bonchev–Trinajstić information content (AvgIpc) is 3.07. The molecule has 0 aliphatic rings. The van der Waals surface area contributed by atoms with Gasteiger partial charge in [0.05, 0.1) is 12.8 Å². The molecule has 124 valence electrons.